The topological polar surface area (TPSA) is 77.0 Å². The predicted octanol–water partition coefficient (Wildman–Crippen LogP) is 1.53. The van der Waals surface area contributed by atoms with Crippen molar-refractivity contribution in [2.45, 2.75) is 32.9 Å². The van der Waals surface area contributed by atoms with E-state index in [0.29, 0.717) is 18.7 Å². The number of amides is 1. The summed E-state index contributed by atoms with van der Waals surface area (Å²) in [5.74, 6) is 0.863. The molecule has 0 spiro atoms. The lowest BCUT2D eigenvalue weighted by Gasteiger charge is -2.18. The average Bonchev–Trinajstić information content (AvgIpc) is 2.95. The maximum atomic E-state index is 12.2. The summed E-state index contributed by atoms with van der Waals surface area (Å²) in [6.07, 6.45) is 1.93. The summed E-state index contributed by atoms with van der Waals surface area (Å²) in [4.78, 5) is 18.2. The van der Waals surface area contributed by atoms with E-state index in [0.717, 1.165) is 17.1 Å². The molecule has 2 heterocycles. The zero-order valence-corrected chi connectivity index (χ0v) is 11.6. The van der Waals surface area contributed by atoms with Gasteiger partial charge in [-0.15, -0.1) is 0 Å². The fraction of sp³-hybridized carbons (Fsp3) is 0.357. The molecule has 0 unspecified atom stereocenters. The van der Waals surface area contributed by atoms with Crippen LogP contribution >= 0.6 is 0 Å². The smallest absolute Gasteiger partial charge is 0.231 e. The highest BCUT2D eigenvalue weighted by Gasteiger charge is 2.28. The molecule has 2 N–H and O–H groups in total. The van der Waals surface area contributed by atoms with Gasteiger partial charge in [-0.2, -0.15) is 5.10 Å². The summed E-state index contributed by atoms with van der Waals surface area (Å²) in [7, 11) is 0. The highest BCUT2D eigenvalue weighted by atomic mass is 16.2. The van der Waals surface area contributed by atoms with E-state index in [1.165, 1.54) is 6.33 Å². The minimum Gasteiger partial charge on any atom is -0.399 e. The summed E-state index contributed by atoms with van der Waals surface area (Å²) in [5, 5.41) is 4.20. The van der Waals surface area contributed by atoms with Crippen LogP contribution in [-0.2, 0) is 17.8 Å². The minimum absolute atomic E-state index is 0.0731. The molecule has 0 saturated heterocycles. The van der Waals surface area contributed by atoms with Crippen LogP contribution in [0.4, 0.5) is 11.4 Å². The second-order valence-electron chi connectivity index (χ2n) is 5.26. The third-order valence-electron chi connectivity index (χ3n) is 3.47. The van der Waals surface area contributed by atoms with Crippen LogP contribution in [0, 0.1) is 0 Å². The lowest BCUT2D eigenvalue weighted by molar-refractivity contribution is -0.117. The van der Waals surface area contributed by atoms with Crippen molar-refractivity contribution in [3.05, 3.63) is 35.9 Å². The van der Waals surface area contributed by atoms with E-state index in [2.05, 4.69) is 10.1 Å². The van der Waals surface area contributed by atoms with E-state index in [1.807, 2.05) is 36.7 Å². The van der Waals surface area contributed by atoms with Crippen molar-refractivity contribution in [1.29, 1.82) is 0 Å². The van der Waals surface area contributed by atoms with Gasteiger partial charge in [-0.3, -0.25) is 4.79 Å². The van der Waals surface area contributed by atoms with E-state index < -0.39 is 0 Å². The lowest BCUT2D eigenvalue weighted by atomic mass is 10.1. The third-order valence-corrected chi connectivity index (χ3v) is 3.47. The first-order valence-electron chi connectivity index (χ1n) is 6.63. The summed E-state index contributed by atoms with van der Waals surface area (Å²) < 4.78 is 1.84. The van der Waals surface area contributed by atoms with E-state index in [4.69, 9.17) is 5.73 Å². The standard InChI is InChI=1S/C14H17N5O/c1-9(2)19-13(16-8-17-19)7-18-12-4-3-11(15)5-10(12)6-14(18)20/h3-5,8-9H,6-7,15H2,1-2H3. The van der Waals surface area contributed by atoms with Gasteiger partial charge in [0.1, 0.15) is 12.2 Å². The summed E-state index contributed by atoms with van der Waals surface area (Å²) in [6.45, 7) is 4.52. The van der Waals surface area contributed by atoms with Gasteiger partial charge >= 0.3 is 0 Å². The average molecular weight is 271 g/mol. The van der Waals surface area contributed by atoms with Gasteiger partial charge in [-0.05, 0) is 37.6 Å². The minimum atomic E-state index is 0.0731. The molecule has 6 heteroatoms. The van der Waals surface area contributed by atoms with Crippen LogP contribution in [-0.4, -0.2) is 20.7 Å². The number of aromatic nitrogens is 3. The van der Waals surface area contributed by atoms with Crippen LogP contribution in [0.1, 0.15) is 31.3 Å². The maximum Gasteiger partial charge on any atom is 0.231 e. The molecule has 1 aromatic heterocycles. The first kappa shape index (κ1) is 12.7. The molecule has 0 saturated carbocycles. The highest BCUT2D eigenvalue weighted by molar-refractivity contribution is 6.01. The first-order valence-corrected chi connectivity index (χ1v) is 6.63. The van der Waals surface area contributed by atoms with Gasteiger partial charge in [0, 0.05) is 17.4 Å². The van der Waals surface area contributed by atoms with Crippen molar-refractivity contribution in [2.24, 2.45) is 0 Å². The molecule has 1 amide bonds. The Labute approximate surface area is 117 Å². The van der Waals surface area contributed by atoms with Crippen LogP contribution in [0.15, 0.2) is 24.5 Å². The molecule has 2 aromatic rings. The second-order valence-corrected chi connectivity index (χ2v) is 5.26. The van der Waals surface area contributed by atoms with Crippen molar-refractivity contribution in [2.75, 3.05) is 10.6 Å². The van der Waals surface area contributed by atoms with Crippen LogP contribution < -0.4 is 10.6 Å². The zero-order chi connectivity index (χ0) is 14.3. The van der Waals surface area contributed by atoms with Crippen LogP contribution in [0.5, 0.6) is 0 Å². The van der Waals surface area contributed by atoms with Gasteiger partial charge < -0.3 is 10.6 Å². The van der Waals surface area contributed by atoms with Crippen LogP contribution in [0.2, 0.25) is 0 Å². The highest BCUT2D eigenvalue weighted by Crippen LogP contribution is 2.31. The molecule has 0 atom stereocenters. The molecule has 3 rings (SSSR count). The largest absolute Gasteiger partial charge is 0.399 e. The number of nitrogens with two attached hydrogens (primary N) is 1. The number of anilines is 2. The third kappa shape index (κ3) is 2.03. The fourth-order valence-corrected chi connectivity index (χ4v) is 2.54. The second kappa shape index (κ2) is 4.63. The number of fused-ring (bicyclic) bond motifs is 1. The predicted molar refractivity (Wildman–Crippen MR) is 76.2 cm³/mol. The number of nitrogens with zero attached hydrogens (tertiary/aromatic N) is 4. The van der Waals surface area contributed by atoms with Crippen LogP contribution in [0.3, 0.4) is 0 Å². The van der Waals surface area contributed by atoms with Crippen LogP contribution in [0.25, 0.3) is 0 Å². The Bertz CT molecular complexity index is 661. The lowest BCUT2D eigenvalue weighted by Crippen LogP contribution is -2.28. The molecule has 0 radical (unpaired) electrons. The maximum absolute atomic E-state index is 12.2. The SMILES string of the molecule is CC(C)n1ncnc1CN1C(=O)Cc2cc(N)ccc21. The van der Waals surface area contributed by atoms with Gasteiger partial charge in [0.15, 0.2) is 0 Å². The molecule has 6 nitrogen and oxygen atoms in total. The Hall–Kier alpha value is -2.37. The molecular weight excluding hydrogens is 254 g/mol. The summed E-state index contributed by atoms with van der Waals surface area (Å²) >= 11 is 0. The summed E-state index contributed by atoms with van der Waals surface area (Å²) in [6, 6.07) is 5.79. The van der Waals surface area contributed by atoms with E-state index in [-0.39, 0.29) is 11.9 Å². The number of rotatable bonds is 3. The summed E-state index contributed by atoms with van der Waals surface area (Å²) in [5.41, 5.74) is 8.35. The molecule has 1 aliphatic heterocycles. The molecule has 0 fully saturated rings. The molecule has 104 valence electrons. The molecule has 0 bridgehead atoms. The fourth-order valence-electron chi connectivity index (χ4n) is 2.54. The Morgan fingerprint density at radius 1 is 1.40 bits per heavy atom. The van der Waals surface area contributed by atoms with E-state index >= 15 is 0 Å². The Kier molecular flexibility index (Phi) is 2.93. The van der Waals surface area contributed by atoms with Gasteiger partial charge in [0.05, 0.1) is 13.0 Å². The Balaban J connectivity index is 1.92. The van der Waals surface area contributed by atoms with Gasteiger partial charge in [-0.25, -0.2) is 9.67 Å². The number of benzene rings is 1. The van der Waals surface area contributed by atoms with E-state index in [9.17, 15) is 4.79 Å². The van der Waals surface area contributed by atoms with Crippen molar-refractivity contribution in [3.63, 3.8) is 0 Å². The molecule has 20 heavy (non-hydrogen) atoms. The van der Waals surface area contributed by atoms with Gasteiger partial charge in [0.25, 0.3) is 0 Å². The molecule has 1 aliphatic rings. The first-order chi connectivity index (χ1) is 9.56. The zero-order valence-electron chi connectivity index (χ0n) is 11.6. The quantitative estimate of drug-likeness (QED) is 0.859. The molecule has 1 aromatic carbocycles. The monoisotopic (exact) mass is 271 g/mol. The normalized spacial score (nSPS) is 14.2. The van der Waals surface area contributed by atoms with Crippen molar-refractivity contribution in [1.82, 2.24) is 14.8 Å². The van der Waals surface area contributed by atoms with Crippen molar-refractivity contribution < 1.29 is 4.79 Å². The number of carbonyl (C=O) groups is 1. The number of hydrogen-bond acceptors (Lipinski definition) is 4. The molecule has 0 aliphatic carbocycles. The van der Waals surface area contributed by atoms with E-state index in [1.54, 1.807) is 4.90 Å². The number of carbonyl (C=O) groups excluding carboxylic acids is 1. The van der Waals surface area contributed by atoms with Gasteiger partial charge in [-0.1, -0.05) is 0 Å². The van der Waals surface area contributed by atoms with Crippen molar-refractivity contribution in [3.8, 4) is 0 Å². The Morgan fingerprint density at radius 3 is 2.95 bits per heavy atom. The number of nitrogen functional groups attached to an aromatic ring is 1. The Morgan fingerprint density at radius 2 is 2.20 bits per heavy atom. The van der Waals surface area contributed by atoms with Crippen molar-refractivity contribution >= 4 is 17.3 Å². The number of hydrogen-bond donors (Lipinski definition) is 1. The van der Waals surface area contributed by atoms with Gasteiger partial charge in [0.2, 0.25) is 5.91 Å². The molecular formula is C14H17N5O.